The molecule has 1 fully saturated rings. The molecule has 1 aromatic rings. The highest BCUT2D eigenvalue weighted by Crippen LogP contribution is 2.29. The quantitative estimate of drug-likeness (QED) is 0.921. The number of nitrogens with zero attached hydrogens (tertiary/aromatic N) is 1. The Balaban J connectivity index is 2.30. The van der Waals surface area contributed by atoms with Crippen LogP contribution in [0.4, 0.5) is 8.78 Å². The van der Waals surface area contributed by atoms with Gasteiger partial charge in [-0.2, -0.15) is 0 Å². The maximum absolute atomic E-state index is 13.9. The third-order valence-corrected chi connectivity index (χ3v) is 3.77. The zero-order valence-electron chi connectivity index (χ0n) is 11.3. The maximum atomic E-state index is 13.9. The van der Waals surface area contributed by atoms with Crippen molar-refractivity contribution in [2.45, 2.75) is 38.1 Å². The van der Waals surface area contributed by atoms with E-state index >= 15 is 0 Å². The minimum absolute atomic E-state index is 0.147. The van der Waals surface area contributed by atoms with Crippen molar-refractivity contribution in [2.24, 2.45) is 0 Å². The summed E-state index contributed by atoms with van der Waals surface area (Å²) in [5.74, 6) is -2.07. The zero-order chi connectivity index (χ0) is 14.5. The highest BCUT2D eigenvalue weighted by atomic mass is 19.1. The number of rotatable bonds is 4. The van der Waals surface area contributed by atoms with Crippen LogP contribution in [0.1, 0.15) is 43.7 Å². The predicted octanol–water partition coefficient (Wildman–Crippen LogP) is 3.36. The number of aliphatic carboxylic acids is 1. The van der Waals surface area contributed by atoms with E-state index in [2.05, 4.69) is 0 Å². The second-order valence-corrected chi connectivity index (χ2v) is 5.23. The SMILES string of the molecule is O=C(O)CC(c1cc(F)ccc1F)N1CCCCCC1. The Hall–Kier alpha value is -1.49. The van der Waals surface area contributed by atoms with Crippen LogP contribution < -0.4 is 0 Å². The average Bonchev–Trinajstić information content (AvgIpc) is 2.67. The zero-order valence-corrected chi connectivity index (χ0v) is 11.3. The van der Waals surface area contributed by atoms with E-state index < -0.39 is 23.6 Å². The van der Waals surface area contributed by atoms with E-state index in [1.54, 1.807) is 0 Å². The summed E-state index contributed by atoms with van der Waals surface area (Å²) in [5, 5.41) is 9.06. The van der Waals surface area contributed by atoms with Crippen LogP contribution in [0.15, 0.2) is 18.2 Å². The third kappa shape index (κ3) is 3.76. The van der Waals surface area contributed by atoms with Gasteiger partial charge in [-0.1, -0.05) is 12.8 Å². The van der Waals surface area contributed by atoms with Crippen molar-refractivity contribution in [3.8, 4) is 0 Å². The molecule has 1 aliphatic rings. The molecule has 1 aliphatic heterocycles. The van der Waals surface area contributed by atoms with Gasteiger partial charge in [-0.15, -0.1) is 0 Å². The van der Waals surface area contributed by atoms with Gasteiger partial charge in [0.15, 0.2) is 0 Å². The molecule has 0 aliphatic carbocycles. The van der Waals surface area contributed by atoms with Gasteiger partial charge in [-0.25, -0.2) is 8.78 Å². The van der Waals surface area contributed by atoms with Gasteiger partial charge in [-0.3, -0.25) is 9.69 Å². The number of carboxylic acid groups (broad SMARTS) is 1. The Morgan fingerprint density at radius 1 is 1.20 bits per heavy atom. The summed E-state index contributed by atoms with van der Waals surface area (Å²) in [6, 6.07) is 2.64. The predicted molar refractivity (Wildman–Crippen MR) is 71.4 cm³/mol. The molecule has 0 aromatic heterocycles. The lowest BCUT2D eigenvalue weighted by Gasteiger charge is -2.30. The van der Waals surface area contributed by atoms with Crippen molar-refractivity contribution in [2.75, 3.05) is 13.1 Å². The number of hydrogen-bond acceptors (Lipinski definition) is 2. The van der Waals surface area contributed by atoms with Crippen LogP contribution in [0.3, 0.4) is 0 Å². The molecule has 5 heteroatoms. The summed E-state index contributed by atoms with van der Waals surface area (Å²) in [5.41, 5.74) is 0.147. The molecule has 0 spiro atoms. The molecule has 1 saturated heterocycles. The number of hydrogen-bond donors (Lipinski definition) is 1. The van der Waals surface area contributed by atoms with E-state index in [0.717, 1.165) is 57.0 Å². The topological polar surface area (TPSA) is 40.5 Å². The minimum Gasteiger partial charge on any atom is -0.481 e. The Morgan fingerprint density at radius 3 is 2.45 bits per heavy atom. The molecule has 20 heavy (non-hydrogen) atoms. The molecule has 1 N–H and O–H groups in total. The van der Waals surface area contributed by atoms with Gasteiger partial charge >= 0.3 is 5.97 Å². The summed E-state index contributed by atoms with van der Waals surface area (Å²) in [4.78, 5) is 13.0. The molecule has 0 amide bonds. The van der Waals surface area contributed by atoms with Crippen molar-refractivity contribution >= 4 is 5.97 Å². The molecule has 2 rings (SSSR count). The lowest BCUT2D eigenvalue weighted by Crippen LogP contribution is -2.32. The Kier molecular flexibility index (Phi) is 5.06. The fourth-order valence-electron chi connectivity index (χ4n) is 2.78. The summed E-state index contributed by atoms with van der Waals surface area (Å²) in [7, 11) is 0. The first kappa shape index (κ1) is 14.9. The van der Waals surface area contributed by atoms with Crippen molar-refractivity contribution in [3.05, 3.63) is 35.4 Å². The molecule has 1 atom stereocenters. The van der Waals surface area contributed by atoms with Crippen molar-refractivity contribution in [3.63, 3.8) is 0 Å². The van der Waals surface area contributed by atoms with Gasteiger partial charge < -0.3 is 5.11 Å². The first-order chi connectivity index (χ1) is 9.58. The Labute approximate surface area is 117 Å². The summed E-state index contributed by atoms with van der Waals surface area (Å²) in [6.45, 7) is 1.46. The van der Waals surface area contributed by atoms with Gasteiger partial charge in [-0.05, 0) is 44.1 Å². The molecule has 1 aromatic carbocycles. The molecule has 1 heterocycles. The smallest absolute Gasteiger partial charge is 0.305 e. The Bertz CT molecular complexity index is 471. The van der Waals surface area contributed by atoms with E-state index in [1.807, 2.05) is 4.90 Å². The number of halogens is 2. The molecular weight excluding hydrogens is 264 g/mol. The standard InChI is InChI=1S/C15H19F2NO2/c16-11-5-6-13(17)12(9-11)14(10-15(19)20)18-7-3-1-2-4-8-18/h5-6,9,14H,1-4,7-8,10H2,(H,19,20). The number of benzene rings is 1. The van der Waals surface area contributed by atoms with Crippen molar-refractivity contribution in [1.82, 2.24) is 4.90 Å². The Morgan fingerprint density at radius 2 is 1.85 bits per heavy atom. The normalized spacial score (nSPS) is 18.5. The van der Waals surface area contributed by atoms with Gasteiger partial charge in [0.05, 0.1) is 6.42 Å². The van der Waals surface area contributed by atoms with Gasteiger partial charge in [0.2, 0.25) is 0 Å². The van der Waals surface area contributed by atoms with E-state index in [1.165, 1.54) is 0 Å². The number of carboxylic acids is 1. The van der Waals surface area contributed by atoms with Crippen LogP contribution in [-0.2, 0) is 4.79 Å². The molecule has 110 valence electrons. The second kappa shape index (κ2) is 6.79. The molecular formula is C15H19F2NO2. The third-order valence-electron chi connectivity index (χ3n) is 3.77. The van der Waals surface area contributed by atoms with E-state index in [9.17, 15) is 13.6 Å². The summed E-state index contributed by atoms with van der Waals surface area (Å²) >= 11 is 0. The summed E-state index contributed by atoms with van der Waals surface area (Å²) in [6.07, 6.45) is 3.92. The van der Waals surface area contributed by atoms with Gasteiger partial charge in [0.1, 0.15) is 11.6 Å². The largest absolute Gasteiger partial charge is 0.481 e. The lowest BCUT2D eigenvalue weighted by atomic mass is 10.0. The molecule has 0 saturated carbocycles. The van der Waals surface area contributed by atoms with Crippen LogP contribution in [0, 0.1) is 11.6 Å². The fourth-order valence-corrected chi connectivity index (χ4v) is 2.78. The minimum atomic E-state index is -0.997. The van der Waals surface area contributed by atoms with E-state index in [4.69, 9.17) is 5.11 Å². The van der Waals surface area contributed by atoms with Crippen LogP contribution in [0.5, 0.6) is 0 Å². The lowest BCUT2D eigenvalue weighted by molar-refractivity contribution is -0.138. The van der Waals surface area contributed by atoms with Crippen LogP contribution >= 0.6 is 0 Å². The van der Waals surface area contributed by atoms with E-state index in [-0.39, 0.29) is 12.0 Å². The maximum Gasteiger partial charge on any atom is 0.305 e. The second-order valence-electron chi connectivity index (χ2n) is 5.23. The number of carbonyl (C=O) groups is 1. The first-order valence-corrected chi connectivity index (χ1v) is 6.98. The van der Waals surface area contributed by atoms with Gasteiger partial charge in [0, 0.05) is 11.6 Å². The first-order valence-electron chi connectivity index (χ1n) is 6.98. The van der Waals surface area contributed by atoms with Crippen molar-refractivity contribution in [1.29, 1.82) is 0 Å². The molecule has 0 radical (unpaired) electrons. The molecule has 1 unspecified atom stereocenters. The monoisotopic (exact) mass is 283 g/mol. The summed E-state index contributed by atoms with van der Waals surface area (Å²) < 4.78 is 27.3. The highest BCUT2D eigenvalue weighted by Gasteiger charge is 2.26. The molecule has 0 bridgehead atoms. The van der Waals surface area contributed by atoms with E-state index in [0.29, 0.717) is 0 Å². The molecule has 3 nitrogen and oxygen atoms in total. The average molecular weight is 283 g/mol. The van der Waals surface area contributed by atoms with Crippen molar-refractivity contribution < 1.29 is 18.7 Å². The van der Waals surface area contributed by atoms with Crippen LogP contribution in [-0.4, -0.2) is 29.1 Å². The van der Waals surface area contributed by atoms with Crippen LogP contribution in [0.25, 0.3) is 0 Å². The van der Waals surface area contributed by atoms with Gasteiger partial charge in [0.25, 0.3) is 0 Å². The highest BCUT2D eigenvalue weighted by molar-refractivity contribution is 5.68. The fraction of sp³-hybridized carbons (Fsp3) is 0.533. The number of likely N-dealkylation sites (tertiary alicyclic amines) is 1. The van der Waals surface area contributed by atoms with Crippen LogP contribution in [0.2, 0.25) is 0 Å².